The highest BCUT2D eigenvalue weighted by atomic mass is 16.2. The SMILES string of the molecule is CCCC(C)C(=O)N1CCC2(CC1)NC(=O)NC2=O. The van der Waals surface area contributed by atoms with Crippen molar-refractivity contribution in [2.75, 3.05) is 13.1 Å². The zero-order chi connectivity index (χ0) is 14.0. The van der Waals surface area contributed by atoms with Crippen LogP contribution in [0.1, 0.15) is 39.5 Å². The van der Waals surface area contributed by atoms with Gasteiger partial charge in [-0.3, -0.25) is 14.9 Å². The zero-order valence-corrected chi connectivity index (χ0v) is 11.5. The molecule has 6 nitrogen and oxygen atoms in total. The summed E-state index contributed by atoms with van der Waals surface area (Å²) in [5, 5.41) is 4.97. The molecule has 2 saturated heterocycles. The van der Waals surface area contributed by atoms with Crippen molar-refractivity contribution in [2.45, 2.75) is 45.1 Å². The summed E-state index contributed by atoms with van der Waals surface area (Å²) in [4.78, 5) is 37.0. The maximum absolute atomic E-state index is 12.2. The van der Waals surface area contributed by atoms with Crippen molar-refractivity contribution in [1.29, 1.82) is 0 Å². The third kappa shape index (κ3) is 2.57. The van der Waals surface area contributed by atoms with E-state index in [1.807, 2.05) is 11.8 Å². The molecule has 4 amide bonds. The molecular formula is C13H21N3O3. The van der Waals surface area contributed by atoms with Gasteiger partial charge in [-0.2, -0.15) is 0 Å². The molecule has 1 spiro atoms. The predicted molar refractivity (Wildman–Crippen MR) is 69.3 cm³/mol. The van der Waals surface area contributed by atoms with Gasteiger partial charge in [0.2, 0.25) is 5.91 Å². The predicted octanol–water partition coefficient (Wildman–Crippen LogP) is 0.623. The van der Waals surface area contributed by atoms with Gasteiger partial charge in [0.15, 0.2) is 0 Å². The lowest BCUT2D eigenvalue weighted by atomic mass is 9.87. The Morgan fingerprint density at radius 3 is 2.47 bits per heavy atom. The lowest BCUT2D eigenvalue weighted by molar-refractivity contribution is -0.139. The second kappa shape index (κ2) is 5.19. The van der Waals surface area contributed by atoms with E-state index in [9.17, 15) is 14.4 Å². The van der Waals surface area contributed by atoms with Gasteiger partial charge in [-0.1, -0.05) is 20.3 Å². The summed E-state index contributed by atoms with van der Waals surface area (Å²) in [6, 6.07) is -0.427. The van der Waals surface area contributed by atoms with Crippen LogP contribution < -0.4 is 10.6 Å². The summed E-state index contributed by atoms with van der Waals surface area (Å²) in [7, 11) is 0. The maximum Gasteiger partial charge on any atom is 0.322 e. The van der Waals surface area contributed by atoms with Gasteiger partial charge in [-0.15, -0.1) is 0 Å². The highest BCUT2D eigenvalue weighted by Crippen LogP contribution is 2.26. The molecule has 6 heteroatoms. The fourth-order valence-corrected chi connectivity index (χ4v) is 2.86. The van der Waals surface area contributed by atoms with Crippen LogP contribution in [0.2, 0.25) is 0 Å². The fourth-order valence-electron chi connectivity index (χ4n) is 2.86. The van der Waals surface area contributed by atoms with E-state index < -0.39 is 11.6 Å². The first-order valence-electron chi connectivity index (χ1n) is 6.91. The molecular weight excluding hydrogens is 246 g/mol. The molecule has 2 aliphatic heterocycles. The van der Waals surface area contributed by atoms with E-state index in [-0.39, 0.29) is 17.7 Å². The number of carbonyl (C=O) groups excluding carboxylic acids is 3. The van der Waals surface area contributed by atoms with Gasteiger partial charge in [0.25, 0.3) is 5.91 Å². The summed E-state index contributed by atoms with van der Waals surface area (Å²) >= 11 is 0. The van der Waals surface area contributed by atoms with Gasteiger partial charge in [-0.25, -0.2) is 4.79 Å². The topological polar surface area (TPSA) is 78.5 Å². The maximum atomic E-state index is 12.2. The van der Waals surface area contributed by atoms with Crippen molar-refractivity contribution in [3.8, 4) is 0 Å². The molecule has 2 rings (SSSR count). The number of carbonyl (C=O) groups is 3. The second-order valence-electron chi connectivity index (χ2n) is 5.51. The molecule has 2 N–H and O–H groups in total. The van der Waals surface area contributed by atoms with E-state index in [1.165, 1.54) is 0 Å². The number of hydrogen-bond acceptors (Lipinski definition) is 3. The van der Waals surface area contributed by atoms with Crippen LogP contribution in [0.5, 0.6) is 0 Å². The summed E-state index contributed by atoms with van der Waals surface area (Å²) in [6.45, 7) is 5.06. The molecule has 1 atom stereocenters. The smallest absolute Gasteiger partial charge is 0.322 e. The Kier molecular flexibility index (Phi) is 3.78. The second-order valence-corrected chi connectivity index (χ2v) is 5.51. The molecule has 2 heterocycles. The summed E-state index contributed by atoms with van der Waals surface area (Å²) in [5.41, 5.74) is -0.790. The Bertz CT molecular complexity index is 400. The van der Waals surface area contributed by atoms with Gasteiger partial charge in [0, 0.05) is 19.0 Å². The van der Waals surface area contributed by atoms with Gasteiger partial charge in [0.05, 0.1) is 0 Å². The molecule has 19 heavy (non-hydrogen) atoms. The molecule has 0 aromatic carbocycles. The van der Waals surface area contributed by atoms with Crippen LogP contribution in [0.15, 0.2) is 0 Å². The normalized spacial score (nSPS) is 23.2. The largest absolute Gasteiger partial charge is 0.342 e. The molecule has 0 aromatic heterocycles. The Morgan fingerprint density at radius 1 is 1.37 bits per heavy atom. The number of imide groups is 1. The third-order valence-corrected chi connectivity index (χ3v) is 4.09. The molecule has 2 fully saturated rings. The molecule has 0 aliphatic carbocycles. The quantitative estimate of drug-likeness (QED) is 0.736. The number of piperidine rings is 1. The molecule has 106 valence electrons. The lowest BCUT2D eigenvalue weighted by Crippen LogP contribution is -2.56. The van der Waals surface area contributed by atoms with E-state index in [1.54, 1.807) is 0 Å². The minimum absolute atomic E-state index is 0.0334. The number of nitrogens with zero attached hydrogens (tertiary/aromatic N) is 1. The minimum Gasteiger partial charge on any atom is -0.342 e. The Labute approximate surface area is 112 Å². The molecule has 0 bridgehead atoms. The first kappa shape index (κ1) is 13.8. The van der Waals surface area contributed by atoms with Gasteiger partial charge in [-0.05, 0) is 19.3 Å². The van der Waals surface area contributed by atoms with Crippen LogP contribution in [0.25, 0.3) is 0 Å². The Morgan fingerprint density at radius 2 is 2.00 bits per heavy atom. The summed E-state index contributed by atoms with van der Waals surface area (Å²) in [5.74, 6) is -0.0707. The first-order valence-corrected chi connectivity index (χ1v) is 6.91. The Hall–Kier alpha value is -1.59. The number of amides is 4. The molecule has 1 unspecified atom stereocenters. The average molecular weight is 267 g/mol. The molecule has 2 aliphatic rings. The minimum atomic E-state index is -0.790. The van der Waals surface area contributed by atoms with Crippen LogP contribution in [0, 0.1) is 5.92 Å². The van der Waals surface area contributed by atoms with Crippen LogP contribution in [0.3, 0.4) is 0 Å². The van der Waals surface area contributed by atoms with Gasteiger partial charge < -0.3 is 10.2 Å². The van der Waals surface area contributed by atoms with Gasteiger partial charge >= 0.3 is 6.03 Å². The van der Waals surface area contributed by atoms with E-state index in [4.69, 9.17) is 0 Å². The Balaban J connectivity index is 1.94. The van der Waals surface area contributed by atoms with Crippen LogP contribution in [0.4, 0.5) is 4.79 Å². The van der Waals surface area contributed by atoms with Crippen molar-refractivity contribution in [1.82, 2.24) is 15.5 Å². The standard InChI is InChI=1S/C13H21N3O3/c1-3-4-9(2)10(17)16-7-5-13(6-8-16)11(18)14-12(19)15-13/h9H,3-8H2,1-2H3,(H2,14,15,18,19). The third-order valence-electron chi connectivity index (χ3n) is 4.09. The zero-order valence-electron chi connectivity index (χ0n) is 11.5. The monoisotopic (exact) mass is 267 g/mol. The van der Waals surface area contributed by atoms with Crippen LogP contribution in [-0.2, 0) is 9.59 Å². The van der Waals surface area contributed by atoms with Crippen LogP contribution >= 0.6 is 0 Å². The van der Waals surface area contributed by atoms with E-state index >= 15 is 0 Å². The lowest BCUT2D eigenvalue weighted by Gasteiger charge is -2.38. The number of urea groups is 1. The van der Waals surface area contributed by atoms with Crippen molar-refractivity contribution >= 4 is 17.8 Å². The first-order chi connectivity index (χ1) is 8.98. The number of rotatable bonds is 3. The van der Waals surface area contributed by atoms with E-state index in [0.29, 0.717) is 25.9 Å². The average Bonchev–Trinajstić information content (AvgIpc) is 2.64. The van der Waals surface area contributed by atoms with E-state index in [0.717, 1.165) is 12.8 Å². The van der Waals surface area contributed by atoms with E-state index in [2.05, 4.69) is 17.6 Å². The van der Waals surface area contributed by atoms with Gasteiger partial charge in [0.1, 0.15) is 5.54 Å². The highest BCUT2D eigenvalue weighted by molar-refractivity contribution is 6.07. The summed E-state index contributed by atoms with van der Waals surface area (Å²) in [6.07, 6.45) is 2.87. The molecule has 0 radical (unpaired) electrons. The number of nitrogens with one attached hydrogen (secondary N) is 2. The number of hydrogen-bond donors (Lipinski definition) is 2. The highest BCUT2D eigenvalue weighted by Gasteiger charge is 2.48. The van der Waals surface area contributed by atoms with Crippen molar-refractivity contribution < 1.29 is 14.4 Å². The van der Waals surface area contributed by atoms with Crippen LogP contribution in [-0.4, -0.2) is 41.4 Å². The molecule has 0 saturated carbocycles. The number of likely N-dealkylation sites (tertiary alicyclic amines) is 1. The van der Waals surface area contributed by atoms with Crippen molar-refractivity contribution in [3.63, 3.8) is 0 Å². The molecule has 0 aromatic rings. The van der Waals surface area contributed by atoms with Crippen molar-refractivity contribution in [2.24, 2.45) is 5.92 Å². The fraction of sp³-hybridized carbons (Fsp3) is 0.769. The van der Waals surface area contributed by atoms with Crippen molar-refractivity contribution in [3.05, 3.63) is 0 Å². The summed E-state index contributed by atoms with van der Waals surface area (Å²) < 4.78 is 0.